The number of carbonyl (C=O) groups excluding carboxylic acids is 1. The first-order chi connectivity index (χ1) is 13.7. The molecule has 1 N–H and O–H groups in total. The van der Waals surface area contributed by atoms with Crippen molar-refractivity contribution >= 4 is 23.7 Å². The molecule has 0 saturated heterocycles. The molecule has 4 rings (SSSR count). The number of amides is 1. The summed E-state index contributed by atoms with van der Waals surface area (Å²) in [4.78, 5) is 12.6. The van der Waals surface area contributed by atoms with Gasteiger partial charge in [-0.3, -0.25) is 4.79 Å². The molecular weight excluding hydrogens is 372 g/mol. The van der Waals surface area contributed by atoms with Crippen LogP contribution in [-0.2, 0) is 0 Å². The number of carbonyl (C=O) groups is 1. The van der Waals surface area contributed by atoms with Crippen molar-refractivity contribution in [3.8, 4) is 11.4 Å². The molecule has 2 aromatic heterocycles. The van der Waals surface area contributed by atoms with E-state index in [4.69, 9.17) is 11.6 Å². The van der Waals surface area contributed by atoms with Crippen LogP contribution >= 0.6 is 11.6 Å². The summed E-state index contributed by atoms with van der Waals surface area (Å²) in [5, 5.41) is 4.82. The Kier molecular flexibility index (Phi) is 5.08. The summed E-state index contributed by atoms with van der Waals surface area (Å²) < 4.78 is 3.85. The van der Waals surface area contributed by atoms with E-state index >= 15 is 0 Å². The van der Waals surface area contributed by atoms with Crippen molar-refractivity contribution < 1.29 is 4.79 Å². The number of nitrogens with zero attached hydrogens (tertiary/aromatic N) is 3. The van der Waals surface area contributed by atoms with E-state index in [0.29, 0.717) is 10.6 Å². The monoisotopic (exact) mass is 388 g/mol. The Balaban J connectivity index is 1.52. The molecule has 28 heavy (non-hydrogen) atoms. The molecule has 0 fully saturated rings. The molecule has 2 aromatic carbocycles. The molecule has 6 heteroatoms. The second kappa shape index (κ2) is 7.98. The minimum Gasteiger partial charge on any atom is -0.323 e. The second-order valence-electron chi connectivity index (χ2n) is 6.09. The number of hydrogen-bond donors (Lipinski definition) is 1. The molecule has 0 bridgehead atoms. The van der Waals surface area contributed by atoms with Crippen LogP contribution in [0.3, 0.4) is 0 Å². The molecule has 0 saturated carbocycles. The number of hydrogen-bond acceptors (Lipinski definition) is 2. The zero-order chi connectivity index (χ0) is 19.3. The Labute approximate surface area is 167 Å². The van der Waals surface area contributed by atoms with Crippen molar-refractivity contribution in [3.05, 3.63) is 108 Å². The van der Waals surface area contributed by atoms with Crippen LogP contribution in [0.4, 0.5) is 0 Å². The smallest absolute Gasteiger partial charge is 0.273 e. The SMILES string of the molecule is O=C(NN=Cc1cccn1-c1ccc(Cl)cc1)c1ccccc1-n1cccc1. The third-order valence-corrected chi connectivity index (χ3v) is 4.53. The van der Waals surface area contributed by atoms with Gasteiger partial charge in [-0.15, -0.1) is 0 Å². The quantitative estimate of drug-likeness (QED) is 0.391. The number of benzene rings is 2. The van der Waals surface area contributed by atoms with Crippen LogP contribution in [0.2, 0.25) is 5.02 Å². The van der Waals surface area contributed by atoms with E-state index < -0.39 is 0 Å². The number of para-hydroxylation sites is 1. The molecule has 4 aromatic rings. The lowest BCUT2D eigenvalue weighted by Gasteiger charge is -2.09. The molecule has 5 nitrogen and oxygen atoms in total. The van der Waals surface area contributed by atoms with Crippen molar-refractivity contribution in [3.63, 3.8) is 0 Å². The maximum absolute atomic E-state index is 12.6. The van der Waals surface area contributed by atoms with E-state index in [1.807, 2.05) is 94.5 Å². The Hall–Kier alpha value is -3.57. The van der Waals surface area contributed by atoms with E-state index in [1.165, 1.54) is 0 Å². The number of aromatic nitrogens is 2. The minimum atomic E-state index is -0.273. The number of hydrazone groups is 1. The van der Waals surface area contributed by atoms with Crippen molar-refractivity contribution in [1.29, 1.82) is 0 Å². The highest BCUT2D eigenvalue weighted by Gasteiger charge is 2.11. The predicted octanol–water partition coefficient (Wildman–Crippen LogP) is 4.69. The molecule has 0 spiro atoms. The van der Waals surface area contributed by atoms with Gasteiger partial charge < -0.3 is 9.13 Å². The lowest BCUT2D eigenvalue weighted by atomic mass is 10.1. The molecular formula is C22H17ClN4O. The van der Waals surface area contributed by atoms with Gasteiger partial charge in [0.1, 0.15) is 0 Å². The van der Waals surface area contributed by atoms with Crippen LogP contribution in [0.15, 0.2) is 96.5 Å². The van der Waals surface area contributed by atoms with Crippen LogP contribution in [0.25, 0.3) is 11.4 Å². The second-order valence-corrected chi connectivity index (χ2v) is 6.52. The van der Waals surface area contributed by atoms with Crippen molar-refractivity contribution in [2.75, 3.05) is 0 Å². The van der Waals surface area contributed by atoms with Gasteiger partial charge in [0.2, 0.25) is 0 Å². The summed E-state index contributed by atoms with van der Waals surface area (Å²) in [5.74, 6) is -0.273. The number of nitrogens with one attached hydrogen (secondary N) is 1. The topological polar surface area (TPSA) is 51.3 Å². The van der Waals surface area contributed by atoms with Crippen LogP contribution in [0, 0.1) is 0 Å². The molecule has 0 aliphatic heterocycles. The fourth-order valence-corrected chi connectivity index (χ4v) is 3.07. The van der Waals surface area contributed by atoms with Gasteiger partial charge in [0, 0.05) is 29.3 Å². The Morgan fingerprint density at radius 2 is 1.64 bits per heavy atom. The molecule has 1 amide bonds. The fourth-order valence-electron chi connectivity index (χ4n) is 2.94. The Morgan fingerprint density at radius 3 is 2.43 bits per heavy atom. The molecule has 138 valence electrons. The first-order valence-corrected chi connectivity index (χ1v) is 9.09. The van der Waals surface area contributed by atoms with E-state index in [-0.39, 0.29) is 5.91 Å². The van der Waals surface area contributed by atoms with E-state index in [0.717, 1.165) is 17.1 Å². The standard InChI is InChI=1S/C22H17ClN4O/c23-17-9-11-18(12-10-17)27-15-5-6-19(27)16-24-25-22(28)20-7-1-2-8-21(20)26-13-3-4-14-26/h1-16H,(H,25,28). The summed E-state index contributed by atoms with van der Waals surface area (Å²) in [6, 6.07) is 22.6. The molecule has 0 atom stereocenters. The predicted molar refractivity (Wildman–Crippen MR) is 112 cm³/mol. The van der Waals surface area contributed by atoms with Gasteiger partial charge >= 0.3 is 0 Å². The van der Waals surface area contributed by atoms with E-state index in [9.17, 15) is 4.79 Å². The van der Waals surface area contributed by atoms with Crippen LogP contribution in [0.5, 0.6) is 0 Å². The average Bonchev–Trinajstić information content (AvgIpc) is 3.41. The zero-order valence-electron chi connectivity index (χ0n) is 14.9. The summed E-state index contributed by atoms with van der Waals surface area (Å²) in [7, 11) is 0. The summed E-state index contributed by atoms with van der Waals surface area (Å²) in [6.45, 7) is 0. The normalized spacial score (nSPS) is 11.0. The number of rotatable bonds is 5. The lowest BCUT2D eigenvalue weighted by Crippen LogP contribution is -2.19. The summed E-state index contributed by atoms with van der Waals surface area (Å²) in [6.07, 6.45) is 7.33. The highest BCUT2D eigenvalue weighted by molar-refractivity contribution is 6.30. The molecule has 0 unspecified atom stereocenters. The minimum absolute atomic E-state index is 0.273. The first-order valence-electron chi connectivity index (χ1n) is 8.71. The highest BCUT2D eigenvalue weighted by atomic mass is 35.5. The van der Waals surface area contributed by atoms with Gasteiger partial charge in [0.25, 0.3) is 5.91 Å². The maximum Gasteiger partial charge on any atom is 0.273 e. The Morgan fingerprint density at radius 1 is 0.893 bits per heavy atom. The van der Waals surface area contributed by atoms with E-state index in [1.54, 1.807) is 12.3 Å². The third-order valence-electron chi connectivity index (χ3n) is 4.28. The third kappa shape index (κ3) is 3.75. The lowest BCUT2D eigenvalue weighted by molar-refractivity contribution is 0.0955. The largest absolute Gasteiger partial charge is 0.323 e. The van der Waals surface area contributed by atoms with Crippen molar-refractivity contribution in [2.45, 2.75) is 0 Å². The molecule has 0 aliphatic carbocycles. The fraction of sp³-hybridized carbons (Fsp3) is 0. The van der Waals surface area contributed by atoms with Gasteiger partial charge in [-0.25, -0.2) is 5.43 Å². The summed E-state index contributed by atoms with van der Waals surface area (Å²) >= 11 is 5.95. The van der Waals surface area contributed by atoms with Crippen LogP contribution in [0.1, 0.15) is 16.1 Å². The molecule has 0 radical (unpaired) electrons. The molecule has 2 heterocycles. The van der Waals surface area contributed by atoms with E-state index in [2.05, 4.69) is 10.5 Å². The van der Waals surface area contributed by atoms with Crippen molar-refractivity contribution in [2.24, 2.45) is 5.10 Å². The summed E-state index contributed by atoms with van der Waals surface area (Å²) in [5.41, 5.74) is 5.74. The molecule has 0 aliphatic rings. The van der Waals surface area contributed by atoms with Gasteiger partial charge in [-0.1, -0.05) is 23.7 Å². The number of halogens is 1. The maximum atomic E-state index is 12.6. The van der Waals surface area contributed by atoms with Gasteiger partial charge in [0.05, 0.1) is 23.2 Å². The van der Waals surface area contributed by atoms with Gasteiger partial charge in [-0.05, 0) is 60.7 Å². The van der Waals surface area contributed by atoms with Crippen LogP contribution < -0.4 is 5.43 Å². The first kappa shape index (κ1) is 17.8. The Bertz CT molecular complexity index is 1110. The van der Waals surface area contributed by atoms with Crippen molar-refractivity contribution in [1.82, 2.24) is 14.6 Å². The zero-order valence-corrected chi connectivity index (χ0v) is 15.6. The average molecular weight is 389 g/mol. The van der Waals surface area contributed by atoms with Gasteiger partial charge in [0.15, 0.2) is 0 Å². The van der Waals surface area contributed by atoms with Gasteiger partial charge in [-0.2, -0.15) is 5.10 Å². The van der Waals surface area contributed by atoms with Crippen LogP contribution in [-0.4, -0.2) is 21.3 Å². The highest BCUT2D eigenvalue weighted by Crippen LogP contribution is 2.16.